The van der Waals surface area contributed by atoms with Gasteiger partial charge in [-0.1, -0.05) is 43.3 Å². The molecule has 1 amide bonds. The number of carbonyl (C=O) groups excluding carboxylic acids is 1. The van der Waals surface area contributed by atoms with Gasteiger partial charge in [0.15, 0.2) is 0 Å². The van der Waals surface area contributed by atoms with Crippen LogP contribution in [-0.2, 0) is 4.79 Å². The van der Waals surface area contributed by atoms with Crippen LogP contribution in [0.3, 0.4) is 0 Å². The number of amides is 1. The number of rotatable bonds is 7. The fourth-order valence-corrected chi connectivity index (χ4v) is 2.65. The smallest absolute Gasteiger partial charge is 0.230 e. The Morgan fingerprint density at radius 3 is 2.86 bits per heavy atom. The molecule has 0 saturated heterocycles. The van der Waals surface area contributed by atoms with Crippen molar-refractivity contribution in [3.63, 3.8) is 0 Å². The van der Waals surface area contributed by atoms with Crippen LogP contribution >= 0.6 is 11.8 Å². The fraction of sp³-hybridized carbons (Fsp3) is 0.429. The van der Waals surface area contributed by atoms with E-state index < -0.39 is 0 Å². The lowest BCUT2D eigenvalue weighted by atomic mass is 10.2. The lowest BCUT2D eigenvalue weighted by Gasteiger charge is -2.12. The number of aromatic nitrogens is 4. The molecule has 1 aromatic carbocycles. The van der Waals surface area contributed by atoms with Crippen molar-refractivity contribution in [3.8, 4) is 5.69 Å². The van der Waals surface area contributed by atoms with Crippen LogP contribution in [0.2, 0.25) is 0 Å². The molecule has 1 aromatic heterocycles. The second kappa shape index (κ2) is 7.78. The van der Waals surface area contributed by atoms with E-state index in [0.29, 0.717) is 10.9 Å². The maximum atomic E-state index is 11.9. The molecule has 0 radical (unpaired) electrons. The zero-order valence-electron chi connectivity index (χ0n) is 12.2. The Balaban J connectivity index is 1.93. The van der Waals surface area contributed by atoms with E-state index in [4.69, 9.17) is 0 Å². The summed E-state index contributed by atoms with van der Waals surface area (Å²) in [5, 5.41) is 15.2. The van der Waals surface area contributed by atoms with Crippen molar-refractivity contribution in [2.24, 2.45) is 0 Å². The van der Waals surface area contributed by atoms with E-state index in [1.54, 1.807) is 4.68 Å². The van der Waals surface area contributed by atoms with Gasteiger partial charge in [0.05, 0.1) is 11.4 Å². The van der Waals surface area contributed by atoms with Gasteiger partial charge >= 0.3 is 0 Å². The van der Waals surface area contributed by atoms with Crippen LogP contribution in [-0.4, -0.2) is 37.9 Å². The highest BCUT2D eigenvalue weighted by molar-refractivity contribution is 7.99. The van der Waals surface area contributed by atoms with Gasteiger partial charge in [0.25, 0.3) is 0 Å². The van der Waals surface area contributed by atoms with Gasteiger partial charge in [-0.15, -0.1) is 5.10 Å². The first-order valence-electron chi connectivity index (χ1n) is 6.96. The van der Waals surface area contributed by atoms with E-state index >= 15 is 0 Å². The van der Waals surface area contributed by atoms with Crippen molar-refractivity contribution in [2.45, 2.75) is 37.9 Å². The molecule has 7 heteroatoms. The number of carbonyl (C=O) groups is 1. The number of para-hydroxylation sites is 1. The van der Waals surface area contributed by atoms with Crippen LogP contribution in [0.1, 0.15) is 26.7 Å². The minimum atomic E-state index is 0.00330. The molecule has 1 unspecified atom stereocenters. The van der Waals surface area contributed by atoms with Gasteiger partial charge in [0.1, 0.15) is 0 Å². The van der Waals surface area contributed by atoms with E-state index in [1.807, 2.05) is 37.3 Å². The summed E-state index contributed by atoms with van der Waals surface area (Å²) < 4.78 is 1.63. The molecule has 1 heterocycles. The van der Waals surface area contributed by atoms with Crippen LogP contribution in [0.5, 0.6) is 0 Å². The Hall–Kier alpha value is -1.89. The highest BCUT2D eigenvalue weighted by Gasteiger charge is 2.12. The number of nitrogens with one attached hydrogen (secondary N) is 1. The normalized spacial score (nSPS) is 12.1. The van der Waals surface area contributed by atoms with E-state index in [2.05, 4.69) is 27.8 Å². The summed E-state index contributed by atoms with van der Waals surface area (Å²) in [5.74, 6) is 0.310. The number of benzene rings is 1. The summed E-state index contributed by atoms with van der Waals surface area (Å²) in [6.45, 7) is 4.12. The third-order valence-electron chi connectivity index (χ3n) is 2.90. The maximum absolute atomic E-state index is 11.9. The van der Waals surface area contributed by atoms with Crippen LogP contribution in [0.15, 0.2) is 35.5 Å². The second-order valence-electron chi connectivity index (χ2n) is 4.75. The molecule has 21 heavy (non-hydrogen) atoms. The quantitative estimate of drug-likeness (QED) is 0.793. The third-order valence-corrected chi connectivity index (χ3v) is 3.82. The lowest BCUT2D eigenvalue weighted by molar-refractivity contribution is -0.119. The Labute approximate surface area is 128 Å². The number of hydrogen-bond donors (Lipinski definition) is 1. The van der Waals surface area contributed by atoms with Crippen LogP contribution in [0.25, 0.3) is 5.69 Å². The van der Waals surface area contributed by atoms with Crippen molar-refractivity contribution in [1.29, 1.82) is 0 Å². The Morgan fingerprint density at radius 1 is 1.38 bits per heavy atom. The molecular formula is C14H19N5OS. The number of hydrogen-bond acceptors (Lipinski definition) is 5. The summed E-state index contributed by atoms with van der Waals surface area (Å²) in [6, 6.07) is 9.82. The van der Waals surface area contributed by atoms with Gasteiger partial charge in [0.2, 0.25) is 11.1 Å². The molecule has 2 rings (SSSR count). The lowest BCUT2D eigenvalue weighted by Crippen LogP contribution is -2.33. The first-order chi connectivity index (χ1) is 10.2. The Bertz CT molecular complexity index is 572. The third kappa shape index (κ3) is 4.56. The van der Waals surface area contributed by atoms with Gasteiger partial charge in [-0.3, -0.25) is 4.79 Å². The summed E-state index contributed by atoms with van der Waals surface area (Å²) in [6.07, 6.45) is 2.04. The largest absolute Gasteiger partial charge is 0.353 e. The van der Waals surface area contributed by atoms with E-state index in [9.17, 15) is 4.79 Å². The Kier molecular flexibility index (Phi) is 5.74. The SMILES string of the molecule is CCCC(C)NC(=O)CSc1nnnn1-c1ccccc1. The molecule has 112 valence electrons. The highest BCUT2D eigenvalue weighted by Crippen LogP contribution is 2.17. The molecule has 0 aliphatic heterocycles. The molecule has 1 atom stereocenters. The molecule has 1 N–H and O–H groups in total. The first-order valence-corrected chi connectivity index (χ1v) is 7.95. The molecule has 0 aliphatic carbocycles. The van der Waals surface area contributed by atoms with Crippen LogP contribution < -0.4 is 5.32 Å². The van der Waals surface area contributed by atoms with E-state index in [-0.39, 0.29) is 11.9 Å². The standard InChI is InChI=1S/C14H19N5OS/c1-3-7-11(2)15-13(20)10-21-14-16-17-18-19(14)12-8-5-4-6-9-12/h4-6,8-9,11H,3,7,10H2,1-2H3,(H,15,20). The minimum absolute atomic E-state index is 0.00330. The van der Waals surface area contributed by atoms with Crippen LogP contribution in [0, 0.1) is 0 Å². The summed E-state index contributed by atoms with van der Waals surface area (Å²) in [4.78, 5) is 11.9. The number of nitrogens with zero attached hydrogens (tertiary/aromatic N) is 4. The van der Waals surface area contributed by atoms with Crippen molar-refractivity contribution in [1.82, 2.24) is 25.5 Å². The molecule has 0 spiro atoms. The molecule has 0 bridgehead atoms. The highest BCUT2D eigenvalue weighted by atomic mass is 32.2. The zero-order valence-corrected chi connectivity index (χ0v) is 13.0. The molecule has 6 nitrogen and oxygen atoms in total. The van der Waals surface area contributed by atoms with Crippen molar-refractivity contribution in [2.75, 3.05) is 5.75 Å². The first kappa shape index (κ1) is 15.5. The van der Waals surface area contributed by atoms with Gasteiger partial charge in [0, 0.05) is 6.04 Å². The fourth-order valence-electron chi connectivity index (χ4n) is 1.95. The van der Waals surface area contributed by atoms with Gasteiger partial charge in [-0.2, -0.15) is 4.68 Å². The molecule has 0 fully saturated rings. The number of tetrazole rings is 1. The predicted molar refractivity (Wildman–Crippen MR) is 82.4 cm³/mol. The van der Waals surface area contributed by atoms with Crippen molar-refractivity contribution >= 4 is 17.7 Å². The molecule has 2 aromatic rings. The predicted octanol–water partition coefficient (Wildman–Crippen LogP) is 2.06. The van der Waals surface area contributed by atoms with Crippen LogP contribution in [0.4, 0.5) is 0 Å². The van der Waals surface area contributed by atoms with Crippen molar-refractivity contribution < 1.29 is 4.79 Å². The average Bonchev–Trinajstić information content (AvgIpc) is 2.94. The topological polar surface area (TPSA) is 72.7 Å². The molecular weight excluding hydrogens is 286 g/mol. The average molecular weight is 305 g/mol. The minimum Gasteiger partial charge on any atom is -0.353 e. The van der Waals surface area contributed by atoms with E-state index in [1.165, 1.54) is 11.8 Å². The van der Waals surface area contributed by atoms with Gasteiger partial charge in [-0.25, -0.2) is 0 Å². The zero-order chi connectivity index (χ0) is 15.1. The van der Waals surface area contributed by atoms with Gasteiger partial charge in [-0.05, 0) is 35.9 Å². The van der Waals surface area contributed by atoms with E-state index in [0.717, 1.165) is 18.5 Å². The molecule has 0 saturated carbocycles. The maximum Gasteiger partial charge on any atom is 0.230 e. The Morgan fingerprint density at radius 2 is 2.14 bits per heavy atom. The second-order valence-corrected chi connectivity index (χ2v) is 5.70. The monoisotopic (exact) mass is 305 g/mol. The molecule has 0 aliphatic rings. The van der Waals surface area contributed by atoms with Crippen molar-refractivity contribution in [3.05, 3.63) is 30.3 Å². The van der Waals surface area contributed by atoms with Gasteiger partial charge < -0.3 is 5.32 Å². The summed E-state index contributed by atoms with van der Waals surface area (Å²) in [7, 11) is 0. The summed E-state index contributed by atoms with van der Waals surface area (Å²) in [5.41, 5.74) is 0.879. The summed E-state index contributed by atoms with van der Waals surface area (Å²) >= 11 is 1.33. The number of thioether (sulfide) groups is 1.